The van der Waals surface area contributed by atoms with Crippen LogP contribution in [-0.2, 0) is 4.79 Å². The standard InChI is InChI=1S/C4H4N2O2S/c7-2-1-5-4(8)6-3(2)9/h1H2,(H2,5,6,8,9). The number of amides is 2. The molecule has 1 saturated heterocycles. The van der Waals surface area contributed by atoms with Crippen molar-refractivity contribution < 1.29 is 9.59 Å². The molecule has 0 aromatic heterocycles. The smallest absolute Gasteiger partial charge is 0.320 e. The third-order valence-corrected chi connectivity index (χ3v) is 1.22. The molecule has 0 atom stereocenters. The van der Waals surface area contributed by atoms with Crippen molar-refractivity contribution >= 4 is 29.0 Å². The van der Waals surface area contributed by atoms with Crippen LogP contribution in [0.15, 0.2) is 0 Å². The fraction of sp³-hybridized carbons (Fsp3) is 0.250. The average Bonchev–Trinajstić information content (AvgIpc) is 1.80. The Kier molecular flexibility index (Phi) is 1.44. The first kappa shape index (κ1) is 6.15. The monoisotopic (exact) mass is 144 g/mol. The van der Waals surface area contributed by atoms with Crippen LogP contribution < -0.4 is 10.6 Å². The Bertz CT molecular complexity index is 189. The fourth-order valence-corrected chi connectivity index (χ4v) is 0.623. The highest BCUT2D eigenvalue weighted by Gasteiger charge is 2.18. The van der Waals surface area contributed by atoms with Gasteiger partial charge in [-0.05, 0) is 0 Å². The van der Waals surface area contributed by atoms with Gasteiger partial charge in [0.25, 0.3) is 0 Å². The number of ketones is 1. The molecule has 4 nitrogen and oxygen atoms in total. The molecule has 0 aromatic carbocycles. The molecule has 0 aromatic rings. The minimum Gasteiger partial charge on any atom is -0.330 e. The number of urea groups is 1. The van der Waals surface area contributed by atoms with Crippen LogP contribution in [0.3, 0.4) is 0 Å². The summed E-state index contributed by atoms with van der Waals surface area (Å²) in [6, 6.07) is -0.403. The summed E-state index contributed by atoms with van der Waals surface area (Å²) in [6.45, 7) is 0.0185. The zero-order valence-corrected chi connectivity index (χ0v) is 5.25. The fourth-order valence-electron chi connectivity index (χ4n) is 0.458. The van der Waals surface area contributed by atoms with E-state index in [1.54, 1.807) is 0 Å². The first-order chi connectivity index (χ1) is 4.20. The largest absolute Gasteiger partial charge is 0.330 e. The lowest BCUT2D eigenvalue weighted by atomic mass is 10.3. The Morgan fingerprint density at radius 1 is 1.44 bits per heavy atom. The molecule has 0 spiro atoms. The van der Waals surface area contributed by atoms with Gasteiger partial charge in [-0.25, -0.2) is 4.79 Å². The molecule has 5 heteroatoms. The summed E-state index contributed by atoms with van der Waals surface area (Å²) in [5.41, 5.74) is 0. The number of Topliss-reactive ketones (excluding diaryl/α,β-unsaturated/α-hetero) is 1. The number of carbonyl (C=O) groups is 2. The molecule has 1 aliphatic heterocycles. The minimum atomic E-state index is -0.403. The van der Waals surface area contributed by atoms with E-state index in [1.807, 2.05) is 0 Å². The van der Waals surface area contributed by atoms with Gasteiger partial charge in [0, 0.05) is 0 Å². The predicted octanol–water partition coefficient (Wildman–Crippen LogP) is -0.804. The number of rotatable bonds is 0. The molecule has 1 heterocycles. The summed E-state index contributed by atoms with van der Waals surface area (Å²) in [5, 5.41) is 4.44. The van der Waals surface area contributed by atoms with E-state index in [-0.39, 0.29) is 17.3 Å². The first-order valence-electron chi connectivity index (χ1n) is 2.32. The summed E-state index contributed by atoms with van der Waals surface area (Å²) in [5.74, 6) is -0.246. The van der Waals surface area contributed by atoms with Crippen molar-refractivity contribution in [3.8, 4) is 0 Å². The highest BCUT2D eigenvalue weighted by atomic mass is 32.1. The van der Waals surface area contributed by atoms with Crippen LogP contribution in [0.1, 0.15) is 0 Å². The van der Waals surface area contributed by atoms with Crippen molar-refractivity contribution in [1.82, 2.24) is 10.6 Å². The molecule has 0 radical (unpaired) electrons. The lowest BCUT2D eigenvalue weighted by molar-refractivity contribution is -0.112. The Balaban J connectivity index is 2.64. The van der Waals surface area contributed by atoms with Crippen LogP contribution in [0.25, 0.3) is 0 Å². The Morgan fingerprint density at radius 2 is 2.11 bits per heavy atom. The normalized spacial score (nSPS) is 18.9. The van der Waals surface area contributed by atoms with Crippen molar-refractivity contribution in [3.63, 3.8) is 0 Å². The Labute approximate surface area is 56.6 Å². The zero-order chi connectivity index (χ0) is 6.85. The molecule has 2 amide bonds. The molecule has 48 valence electrons. The topological polar surface area (TPSA) is 58.2 Å². The second-order valence-corrected chi connectivity index (χ2v) is 1.97. The molecule has 0 unspecified atom stereocenters. The van der Waals surface area contributed by atoms with E-state index in [1.165, 1.54) is 0 Å². The molecule has 9 heavy (non-hydrogen) atoms. The molecular weight excluding hydrogens is 140 g/mol. The molecule has 1 fully saturated rings. The van der Waals surface area contributed by atoms with Gasteiger partial charge in [0.2, 0.25) is 5.78 Å². The number of thiocarbonyl (C=S) groups is 1. The van der Waals surface area contributed by atoms with E-state index in [4.69, 9.17) is 0 Å². The molecule has 2 N–H and O–H groups in total. The maximum atomic E-state index is 10.5. The van der Waals surface area contributed by atoms with Crippen LogP contribution >= 0.6 is 12.2 Å². The molecule has 1 rings (SSSR count). The number of hydrogen-bond acceptors (Lipinski definition) is 3. The van der Waals surface area contributed by atoms with Crippen LogP contribution in [0, 0.1) is 0 Å². The summed E-state index contributed by atoms with van der Waals surface area (Å²) < 4.78 is 0. The quantitative estimate of drug-likeness (QED) is 0.437. The van der Waals surface area contributed by atoms with E-state index in [9.17, 15) is 9.59 Å². The van der Waals surface area contributed by atoms with Crippen molar-refractivity contribution in [2.45, 2.75) is 0 Å². The van der Waals surface area contributed by atoms with Gasteiger partial charge < -0.3 is 5.32 Å². The SMILES string of the molecule is O=C1NCC(=O)C(=S)N1. The number of hydrogen-bond donors (Lipinski definition) is 2. The summed E-state index contributed by atoms with van der Waals surface area (Å²) in [6.07, 6.45) is 0. The molecule has 1 aliphatic rings. The summed E-state index contributed by atoms with van der Waals surface area (Å²) >= 11 is 4.48. The highest BCUT2D eigenvalue weighted by Crippen LogP contribution is 1.82. The van der Waals surface area contributed by atoms with Gasteiger partial charge in [0.15, 0.2) is 4.99 Å². The van der Waals surface area contributed by atoms with Crippen molar-refractivity contribution in [2.24, 2.45) is 0 Å². The van der Waals surface area contributed by atoms with E-state index in [2.05, 4.69) is 22.9 Å². The molecule has 0 aliphatic carbocycles. The van der Waals surface area contributed by atoms with E-state index in [0.29, 0.717) is 0 Å². The second-order valence-electron chi connectivity index (χ2n) is 1.56. The van der Waals surface area contributed by atoms with Gasteiger partial charge in [-0.15, -0.1) is 0 Å². The summed E-state index contributed by atoms with van der Waals surface area (Å²) in [7, 11) is 0. The lowest BCUT2D eigenvalue weighted by Gasteiger charge is -2.12. The third kappa shape index (κ3) is 1.23. The van der Waals surface area contributed by atoms with Gasteiger partial charge in [-0.3, -0.25) is 10.1 Å². The van der Waals surface area contributed by atoms with Gasteiger partial charge in [-0.2, -0.15) is 0 Å². The Hall–Kier alpha value is -0.970. The van der Waals surface area contributed by atoms with Crippen molar-refractivity contribution in [2.75, 3.05) is 6.54 Å². The zero-order valence-electron chi connectivity index (χ0n) is 4.43. The Morgan fingerprint density at radius 3 is 2.56 bits per heavy atom. The van der Waals surface area contributed by atoms with Crippen molar-refractivity contribution in [3.05, 3.63) is 0 Å². The van der Waals surface area contributed by atoms with Crippen LogP contribution in [-0.4, -0.2) is 23.3 Å². The third-order valence-electron chi connectivity index (χ3n) is 0.890. The predicted molar refractivity (Wildman–Crippen MR) is 34.1 cm³/mol. The van der Waals surface area contributed by atoms with E-state index >= 15 is 0 Å². The number of carbonyl (C=O) groups excluding carboxylic acids is 2. The van der Waals surface area contributed by atoms with Gasteiger partial charge >= 0.3 is 6.03 Å². The van der Waals surface area contributed by atoms with Crippen LogP contribution in [0.5, 0.6) is 0 Å². The molecule has 0 bridgehead atoms. The second kappa shape index (κ2) is 2.10. The molecular formula is C4H4N2O2S. The molecule has 0 saturated carbocycles. The van der Waals surface area contributed by atoms with Crippen molar-refractivity contribution in [1.29, 1.82) is 0 Å². The van der Waals surface area contributed by atoms with Gasteiger partial charge in [0.05, 0.1) is 6.54 Å². The van der Waals surface area contributed by atoms with E-state index < -0.39 is 6.03 Å². The first-order valence-corrected chi connectivity index (χ1v) is 2.73. The van der Waals surface area contributed by atoms with Crippen LogP contribution in [0.4, 0.5) is 4.79 Å². The average molecular weight is 144 g/mol. The number of nitrogens with one attached hydrogen (secondary N) is 2. The lowest BCUT2D eigenvalue weighted by Crippen LogP contribution is -2.51. The summed E-state index contributed by atoms with van der Waals surface area (Å²) in [4.78, 5) is 20.9. The van der Waals surface area contributed by atoms with Crippen LogP contribution in [0.2, 0.25) is 0 Å². The maximum absolute atomic E-state index is 10.5. The van der Waals surface area contributed by atoms with Gasteiger partial charge in [0.1, 0.15) is 0 Å². The van der Waals surface area contributed by atoms with Gasteiger partial charge in [-0.1, -0.05) is 12.2 Å². The maximum Gasteiger partial charge on any atom is 0.320 e. The minimum absolute atomic E-state index is 0.00116. The van der Waals surface area contributed by atoms with E-state index in [0.717, 1.165) is 0 Å². The highest BCUT2D eigenvalue weighted by molar-refractivity contribution is 7.82.